The van der Waals surface area contributed by atoms with Gasteiger partial charge >= 0.3 is 5.69 Å². The van der Waals surface area contributed by atoms with Gasteiger partial charge < -0.3 is 19.9 Å². The van der Waals surface area contributed by atoms with Crippen molar-refractivity contribution in [1.29, 1.82) is 0 Å². The summed E-state index contributed by atoms with van der Waals surface area (Å²) in [4.78, 5) is 27.9. The Kier molecular flexibility index (Phi) is 5.99. The number of nitro groups is 1. The highest BCUT2D eigenvalue weighted by molar-refractivity contribution is 6.30. The second kappa shape index (κ2) is 9.00. The molecule has 1 saturated heterocycles. The number of anilines is 4. The van der Waals surface area contributed by atoms with Gasteiger partial charge in [-0.2, -0.15) is 0 Å². The molecule has 0 bridgehead atoms. The highest BCUT2D eigenvalue weighted by atomic mass is 35.5. The fraction of sp³-hybridized carbons (Fsp3) is 0.250. The Morgan fingerprint density at radius 3 is 2.35 bits per heavy atom. The number of nitrogens with one attached hydrogen (secondary N) is 1. The van der Waals surface area contributed by atoms with Gasteiger partial charge in [0.05, 0.1) is 17.1 Å². The smallest absolute Gasteiger partial charge is 0.353 e. The average Bonchev–Trinajstić information content (AvgIpc) is 2.80. The van der Waals surface area contributed by atoms with E-state index in [1.165, 1.54) is 12.5 Å². The molecule has 0 spiro atoms. The second-order valence-electron chi connectivity index (χ2n) is 6.81. The Labute approximate surface area is 183 Å². The van der Waals surface area contributed by atoms with Crippen molar-refractivity contribution in [2.24, 2.45) is 0 Å². The van der Waals surface area contributed by atoms with Crippen LogP contribution in [0.5, 0.6) is 5.75 Å². The maximum absolute atomic E-state index is 11.9. The first-order valence-corrected chi connectivity index (χ1v) is 9.95. The third-order valence-corrected chi connectivity index (χ3v) is 5.20. The summed E-state index contributed by atoms with van der Waals surface area (Å²) >= 11 is 5.85. The van der Waals surface area contributed by atoms with Gasteiger partial charge in [-0.05, 0) is 36.4 Å². The molecular weight excluding hydrogens is 422 g/mol. The van der Waals surface area contributed by atoms with Crippen LogP contribution in [0.3, 0.4) is 0 Å². The lowest BCUT2D eigenvalue weighted by Crippen LogP contribution is -2.47. The molecule has 0 radical (unpaired) electrons. The number of piperazine rings is 1. The Bertz CT molecular complexity index is 1060. The van der Waals surface area contributed by atoms with E-state index in [2.05, 4.69) is 25.2 Å². The summed E-state index contributed by atoms with van der Waals surface area (Å²) in [5, 5.41) is 15.2. The molecular formula is C20H20ClN7O3. The van der Waals surface area contributed by atoms with Crippen molar-refractivity contribution in [2.45, 2.75) is 0 Å². The van der Waals surface area contributed by atoms with Crippen molar-refractivity contribution in [3.63, 3.8) is 0 Å². The molecule has 0 atom stereocenters. The average molecular weight is 442 g/mol. The molecule has 1 N–H and O–H groups in total. The number of aromatic nitrogens is 3. The van der Waals surface area contributed by atoms with E-state index in [1.54, 1.807) is 19.2 Å². The fourth-order valence-corrected chi connectivity index (χ4v) is 3.51. The molecule has 1 aromatic carbocycles. The lowest BCUT2D eigenvalue weighted by atomic mass is 10.2. The first kappa shape index (κ1) is 20.6. The Hall–Kier alpha value is -3.66. The van der Waals surface area contributed by atoms with Crippen LogP contribution in [0.2, 0.25) is 5.02 Å². The molecule has 160 valence electrons. The van der Waals surface area contributed by atoms with Crippen LogP contribution in [-0.4, -0.2) is 53.2 Å². The highest BCUT2D eigenvalue weighted by Crippen LogP contribution is 2.34. The highest BCUT2D eigenvalue weighted by Gasteiger charge is 2.29. The fourth-order valence-electron chi connectivity index (χ4n) is 3.40. The first-order chi connectivity index (χ1) is 15.0. The van der Waals surface area contributed by atoms with E-state index in [4.69, 9.17) is 16.3 Å². The van der Waals surface area contributed by atoms with Gasteiger partial charge in [-0.15, -0.1) is 0 Å². The van der Waals surface area contributed by atoms with Crippen molar-refractivity contribution >= 4 is 40.4 Å². The van der Waals surface area contributed by atoms with E-state index < -0.39 is 4.92 Å². The van der Waals surface area contributed by atoms with Gasteiger partial charge in [-0.1, -0.05) is 11.6 Å². The maximum Gasteiger partial charge on any atom is 0.353 e. The van der Waals surface area contributed by atoms with Crippen molar-refractivity contribution in [3.8, 4) is 5.75 Å². The number of ether oxygens (including phenoxy) is 1. The molecule has 0 aliphatic carbocycles. The van der Waals surface area contributed by atoms with Gasteiger partial charge in [-0.25, -0.2) is 15.0 Å². The van der Waals surface area contributed by atoms with Gasteiger partial charge in [0.2, 0.25) is 11.6 Å². The van der Waals surface area contributed by atoms with E-state index in [0.717, 1.165) is 11.4 Å². The van der Waals surface area contributed by atoms with Crippen LogP contribution < -0.4 is 19.9 Å². The number of hydrogen-bond donors (Lipinski definition) is 1. The van der Waals surface area contributed by atoms with E-state index in [-0.39, 0.29) is 17.3 Å². The summed E-state index contributed by atoms with van der Waals surface area (Å²) < 4.78 is 5.20. The second-order valence-corrected chi connectivity index (χ2v) is 7.25. The number of rotatable bonds is 6. The van der Waals surface area contributed by atoms with Gasteiger partial charge in [-0.3, -0.25) is 10.1 Å². The predicted molar refractivity (Wildman–Crippen MR) is 119 cm³/mol. The lowest BCUT2D eigenvalue weighted by Gasteiger charge is -2.36. The van der Waals surface area contributed by atoms with Crippen molar-refractivity contribution in [3.05, 3.63) is 64.1 Å². The zero-order chi connectivity index (χ0) is 21.8. The molecule has 10 nitrogen and oxygen atoms in total. The number of methoxy groups -OCH3 is 1. The normalized spacial score (nSPS) is 13.7. The summed E-state index contributed by atoms with van der Waals surface area (Å²) in [5.74, 6) is 1.57. The summed E-state index contributed by atoms with van der Waals surface area (Å²) in [6.07, 6.45) is 2.77. The van der Waals surface area contributed by atoms with E-state index in [9.17, 15) is 10.1 Å². The molecule has 0 saturated carbocycles. The Balaban J connectivity index is 1.52. The van der Waals surface area contributed by atoms with Crippen LogP contribution in [0.4, 0.5) is 28.8 Å². The van der Waals surface area contributed by atoms with Crippen molar-refractivity contribution in [1.82, 2.24) is 15.0 Å². The number of halogens is 1. The summed E-state index contributed by atoms with van der Waals surface area (Å²) in [7, 11) is 1.63. The predicted octanol–water partition coefficient (Wildman–Crippen LogP) is 3.51. The molecule has 31 heavy (non-hydrogen) atoms. The molecule has 3 heterocycles. The standard InChI is InChI=1S/C20H20ClN7O3/c1-31-16-5-3-15(4-6-16)26-8-10-27(11-9-26)20-18(28(29)30)19(23-13-24-20)25-17-7-2-14(21)12-22-17/h2-7,12-13H,8-11H2,1H3,(H,22,23,24,25). The monoisotopic (exact) mass is 441 g/mol. The minimum atomic E-state index is -0.469. The minimum Gasteiger partial charge on any atom is -0.497 e. The zero-order valence-electron chi connectivity index (χ0n) is 16.7. The number of hydrogen-bond acceptors (Lipinski definition) is 9. The number of nitrogens with zero attached hydrogens (tertiary/aromatic N) is 6. The van der Waals surface area contributed by atoms with Crippen LogP contribution >= 0.6 is 11.6 Å². The molecule has 1 aliphatic heterocycles. The quantitative estimate of drug-likeness (QED) is 0.453. The molecule has 1 aliphatic rings. The molecule has 0 amide bonds. The van der Waals surface area contributed by atoms with Crippen LogP contribution in [0.15, 0.2) is 48.9 Å². The van der Waals surface area contributed by atoms with Gasteiger partial charge in [0.1, 0.15) is 17.9 Å². The Morgan fingerprint density at radius 2 is 1.74 bits per heavy atom. The van der Waals surface area contributed by atoms with Gasteiger partial charge in [0.25, 0.3) is 0 Å². The molecule has 1 fully saturated rings. The maximum atomic E-state index is 11.9. The van der Waals surface area contributed by atoms with Crippen LogP contribution in [0.25, 0.3) is 0 Å². The first-order valence-electron chi connectivity index (χ1n) is 9.57. The van der Waals surface area contributed by atoms with Crippen LogP contribution in [0, 0.1) is 10.1 Å². The minimum absolute atomic E-state index is 0.0856. The number of benzene rings is 1. The Morgan fingerprint density at radius 1 is 1.03 bits per heavy atom. The largest absolute Gasteiger partial charge is 0.497 e. The van der Waals surface area contributed by atoms with Crippen molar-refractivity contribution in [2.75, 3.05) is 48.4 Å². The lowest BCUT2D eigenvalue weighted by molar-refractivity contribution is -0.383. The van der Waals surface area contributed by atoms with Crippen LogP contribution in [-0.2, 0) is 0 Å². The SMILES string of the molecule is COc1ccc(N2CCN(c3ncnc(Nc4ccc(Cl)cn4)c3[N+](=O)[O-])CC2)cc1. The molecule has 0 unspecified atom stereocenters. The molecule has 4 rings (SSSR count). The number of pyridine rings is 1. The van der Waals surface area contributed by atoms with E-state index in [1.807, 2.05) is 29.2 Å². The van der Waals surface area contributed by atoms with Gasteiger partial charge in [0, 0.05) is 38.1 Å². The molecule has 11 heteroatoms. The summed E-state index contributed by atoms with van der Waals surface area (Å²) in [5.41, 5.74) is 0.894. The molecule has 3 aromatic rings. The summed E-state index contributed by atoms with van der Waals surface area (Å²) in [6.45, 7) is 2.58. The zero-order valence-corrected chi connectivity index (χ0v) is 17.5. The summed E-state index contributed by atoms with van der Waals surface area (Å²) in [6, 6.07) is 11.1. The van der Waals surface area contributed by atoms with E-state index >= 15 is 0 Å². The van der Waals surface area contributed by atoms with Crippen molar-refractivity contribution < 1.29 is 9.66 Å². The van der Waals surface area contributed by atoms with Gasteiger partial charge in [0.15, 0.2) is 0 Å². The van der Waals surface area contributed by atoms with E-state index in [0.29, 0.717) is 37.0 Å². The third-order valence-electron chi connectivity index (χ3n) is 4.98. The third kappa shape index (κ3) is 4.58. The topological polar surface area (TPSA) is 110 Å². The molecule has 2 aromatic heterocycles. The van der Waals surface area contributed by atoms with Crippen LogP contribution in [0.1, 0.15) is 0 Å².